The van der Waals surface area contributed by atoms with Gasteiger partial charge in [-0.1, -0.05) is 17.7 Å². The van der Waals surface area contributed by atoms with Crippen LogP contribution in [0.25, 0.3) is 0 Å². The van der Waals surface area contributed by atoms with Gasteiger partial charge in [-0.2, -0.15) is 0 Å². The van der Waals surface area contributed by atoms with Crippen molar-refractivity contribution >= 4 is 39.9 Å². The Morgan fingerprint density at radius 2 is 2.13 bits per heavy atom. The van der Waals surface area contributed by atoms with Gasteiger partial charge in [-0.15, -0.1) is 12.4 Å². The summed E-state index contributed by atoms with van der Waals surface area (Å²) in [6.07, 6.45) is 1.51. The number of hydrogen-bond donors (Lipinski definition) is 2. The van der Waals surface area contributed by atoms with Gasteiger partial charge in [-0.25, -0.2) is 0 Å². The van der Waals surface area contributed by atoms with E-state index in [2.05, 4.69) is 15.9 Å². The van der Waals surface area contributed by atoms with Gasteiger partial charge < -0.3 is 10.8 Å². The Balaban J connectivity index is 0.00000196. The molecule has 0 saturated carbocycles. The zero-order valence-electron chi connectivity index (χ0n) is 8.12. The molecule has 0 bridgehead atoms. The normalized spacial score (nSPS) is 12.0. The Labute approximate surface area is 109 Å². The molecule has 0 aliphatic rings. The molecule has 0 radical (unpaired) electrons. The van der Waals surface area contributed by atoms with E-state index in [0.717, 1.165) is 22.9 Å². The minimum absolute atomic E-state index is 0. The van der Waals surface area contributed by atoms with Crippen LogP contribution < -0.4 is 5.73 Å². The third-order valence-electron chi connectivity index (χ3n) is 2.05. The van der Waals surface area contributed by atoms with Crippen molar-refractivity contribution in [2.45, 2.75) is 18.9 Å². The van der Waals surface area contributed by atoms with Crippen LogP contribution >= 0.6 is 39.9 Å². The monoisotopic (exact) mass is 313 g/mol. The van der Waals surface area contributed by atoms with Gasteiger partial charge in [0.05, 0.1) is 5.02 Å². The second-order valence-electron chi connectivity index (χ2n) is 3.15. The summed E-state index contributed by atoms with van der Waals surface area (Å²) in [5.41, 5.74) is 6.96. The van der Waals surface area contributed by atoms with Gasteiger partial charge in [-0.05, 0) is 46.5 Å². The third kappa shape index (κ3) is 4.70. The fraction of sp³-hybridized carbons (Fsp3) is 0.400. The second-order valence-corrected chi connectivity index (χ2v) is 4.41. The fourth-order valence-electron chi connectivity index (χ4n) is 1.22. The summed E-state index contributed by atoms with van der Waals surface area (Å²) in [5, 5.41) is 9.36. The number of nitrogens with two attached hydrogens (primary N) is 1. The van der Waals surface area contributed by atoms with Gasteiger partial charge >= 0.3 is 0 Å². The smallest absolute Gasteiger partial charge is 0.0548 e. The van der Waals surface area contributed by atoms with E-state index < -0.39 is 0 Å². The molecule has 0 amide bonds. The van der Waals surface area contributed by atoms with Gasteiger partial charge in [-0.3, -0.25) is 0 Å². The SMILES string of the molecule is Cl.N[C@@H](CCCO)c1ccc(Cl)c(Br)c1. The van der Waals surface area contributed by atoms with E-state index >= 15 is 0 Å². The van der Waals surface area contributed by atoms with Crippen molar-refractivity contribution in [3.63, 3.8) is 0 Å². The van der Waals surface area contributed by atoms with E-state index in [0.29, 0.717) is 5.02 Å². The molecule has 0 aliphatic carbocycles. The van der Waals surface area contributed by atoms with Crippen LogP contribution in [0.5, 0.6) is 0 Å². The maximum absolute atomic E-state index is 8.67. The number of aliphatic hydroxyl groups is 1. The summed E-state index contributed by atoms with van der Waals surface area (Å²) in [6.45, 7) is 0.183. The van der Waals surface area contributed by atoms with Crippen LogP contribution in [0, 0.1) is 0 Å². The molecule has 5 heteroatoms. The van der Waals surface area contributed by atoms with E-state index in [9.17, 15) is 0 Å². The molecule has 86 valence electrons. The van der Waals surface area contributed by atoms with E-state index in [-0.39, 0.29) is 25.1 Å². The number of aliphatic hydroxyl groups excluding tert-OH is 1. The van der Waals surface area contributed by atoms with Crippen molar-refractivity contribution < 1.29 is 5.11 Å². The van der Waals surface area contributed by atoms with Crippen LogP contribution in [0.15, 0.2) is 22.7 Å². The fourth-order valence-corrected chi connectivity index (χ4v) is 1.73. The molecule has 0 heterocycles. The zero-order chi connectivity index (χ0) is 10.6. The molecular formula is C10H14BrCl2NO. The Kier molecular flexibility index (Phi) is 7.57. The summed E-state index contributed by atoms with van der Waals surface area (Å²) >= 11 is 9.21. The molecule has 0 saturated heterocycles. The van der Waals surface area contributed by atoms with Crippen molar-refractivity contribution in [1.82, 2.24) is 0 Å². The van der Waals surface area contributed by atoms with Crippen molar-refractivity contribution in [3.8, 4) is 0 Å². The predicted octanol–water partition coefficient (Wildman–Crippen LogP) is 3.30. The van der Waals surface area contributed by atoms with Crippen LogP contribution in [-0.4, -0.2) is 11.7 Å². The minimum atomic E-state index is -0.0317. The van der Waals surface area contributed by atoms with Crippen LogP contribution in [0.1, 0.15) is 24.4 Å². The zero-order valence-corrected chi connectivity index (χ0v) is 11.3. The molecule has 1 atom stereocenters. The second kappa shape index (κ2) is 7.47. The number of hydrogen-bond acceptors (Lipinski definition) is 2. The van der Waals surface area contributed by atoms with Gasteiger partial charge in [0, 0.05) is 17.1 Å². The first-order chi connectivity index (χ1) is 6.65. The Bertz CT molecular complexity index is 309. The maximum atomic E-state index is 8.67. The highest BCUT2D eigenvalue weighted by Gasteiger charge is 2.07. The van der Waals surface area contributed by atoms with Gasteiger partial charge in [0.25, 0.3) is 0 Å². The molecule has 3 N–H and O–H groups in total. The number of halogens is 3. The summed E-state index contributed by atoms with van der Waals surface area (Å²) < 4.78 is 0.858. The summed E-state index contributed by atoms with van der Waals surface area (Å²) in [5.74, 6) is 0. The van der Waals surface area contributed by atoms with Gasteiger partial charge in [0.2, 0.25) is 0 Å². The Morgan fingerprint density at radius 3 is 2.67 bits per heavy atom. The molecular weight excluding hydrogens is 301 g/mol. The molecule has 1 aromatic carbocycles. The summed E-state index contributed by atoms with van der Waals surface area (Å²) in [4.78, 5) is 0. The van der Waals surface area contributed by atoms with Crippen molar-refractivity contribution in [2.75, 3.05) is 6.61 Å². The summed E-state index contributed by atoms with van der Waals surface area (Å²) in [6, 6.07) is 5.62. The maximum Gasteiger partial charge on any atom is 0.0548 e. The van der Waals surface area contributed by atoms with Gasteiger partial charge in [0.1, 0.15) is 0 Å². The minimum Gasteiger partial charge on any atom is -0.396 e. The summed E-state index contributed by atoms with van der Waals surface area (Å²) in [7, 11) is 0. The van der Waals surface area contributed by atoms with Crippen LogP contribution in [0.4, 0.5) is 0 Å². The highest BCUT2D eigenvalue weighted by molar-refractivity contribution is 9.10. The number of rotatable bonds is 4. The first-order valence-electron chi connectivity index (χ1n) is 4.46. The molecule has 1 aromatic rings. The Hall–Kier alpha value is 0.200. The first kappa shape index (κ1) is 15.2. The van der Waals surface area contributed by atoms with Crippen LogP contribution in [0.3, 0.4) is 0 Å². The standard InChI is InChI=1S/C10H13BrClNO.ClH/c11-8-6-7(3-4-9(8)12)10(13)2-1-5-14;/h3-4,6,10,14H,1-2,5,13H2;1H/t10-;/m0./s1. The molecule has 0 aromatic heterocycles. The molecule has 15 heavy (non-hydrogen) atoms. The average molecular weight is 315 g/mol. The lowest BCUT2D eigenvalue weighted by molar-refractivity contribution is 0.280. The van der Waals surface area contributed by atoms with Gasteiger partial charge in [0.15, 0.2) is 0 Å². The lowest BCUT2D eigenvalue weighted by atomic mass is 10.0. The molecule has 0 fully saturated rings. The highest BCUT2D eigenvalue weighted by Crippen LogP contribution is 2.26. The molecule has 0 spiro atoms. The van der Waals surface area contributed by atoms with E-state index in [1.165, 1.54) is 0 Å². The van der Waals surface area contributed by atoms with Crippen molar-refractivity contribution in [3.05, 3.63) is 33.3 Å². The lowest BCUT2D eigenvalue weighted by Gasteiger charge is -2.11. The Morgan fingerprint density at radius 1 is 1.47 bits per heavy atom. The van der Waals surface area contributed by atoms with E-state index in [1.807, 2.05) is 18.2 Å². The largest absolute Gasteiger partial charge is 0.396 e. The average Bonchev–Trinajstić information content (AvgIpc) is 2.18. The van der Waals surface area contributed by atoms with E-state index in [1.54, 1.807) is 0 Å². The van der Waals surface area contributed by atoms with Crippen LogP contribution in [-0.2, 0) is 0 Å². The van der Waals surface area contributed by atoms with E-state index in [4.69, 9.17) is 22.4 Å². The lowest BCUT2D eigenvalue weighted by Crippen LogP contribution is -2.10. The quantitative estimate of drug-likeness (QED) is 0.895. The molecule has 2 nitrogen and oxygen atoms in total. The molecule has 1 rings (SSSR count). The molecule has 0 unspecified atom stereocenters. The third-order valence-corrected chi connectivity index (χ3v) is 3.26. The van der Waals surface area contributed by atoms with Crippen molar-refractivity contribution in [2.24, 2.45) is 5.73 Å². The van der Waals surface area contributed by atoms with Crippen LogP contribution in [0.2, 0.25) is 5.02 Å². The van der Waals surface area contributed by atoms with Crippen molar-refractivity contribution in [1.29, 1.82) is 0 Å². The first-order valence-corrected chi connectivity index (χ1v) is 5.63. The number of benzene rings is 1. The highest BCUT2D eigenvalue weighted by atomic mass is 79.9. The topological polar surface area (TPSA) is 46.2 Å². The molecule has 0 aliphatic heterocycles. The predicted molar refractivity (Wildman–Crippen MR) is 69.6 cm³/mol.